The third-order valence-corrected chi connectivity index (χ3v) is 7.09. The number of hydrogen-bond donors (Lipinski definition) is 1. The lowest BCUT2D eigenvalue weighted by Gasteiger charge is -2.11. The van der Waals surface area contributed by atoms with E-state index in [-0.39, 0.29) is 15.5 Å². The predicted octanol–water partition coefficient (Wildman–Crippen LogP) is 3.71. The molecule has 148 valence electrons. The molecule has 0 amide bonds. The Balaban J connectivity index is 2.08. The molecule has 0 fully saturated rings. The maximum absolute atomic E-state index is 12.5. The molecule has 27 heavy (non-hydrogen) atoms. The number of sulfonamides is 1. The van der Waals surface area contributed by atoms with Crippen LogP contribution >= 0.6 is 0 Å². The second-order valence-corrected chi connectivity index (χ2v) is 10.5. The minimum absolute atomic E-state index is 0.0103. The normalized spacial score (nSPS) is 12.1. The molecule has 0 bridgehead atoms. The van der Waals surface area contributed by atoms with Crippen molar-refractivity contribution < 1.29 is 21.6 Å². The Hall–Kier alpha value is -2.06. The molecular formula is C19H25NO5S2. The van der Waals surface area contributed by atoms with Crippen molar-refractivity contribution >= 4 is 25.5 Å². The van der Waals surface area contributed by atoms with Crippen LogP contribution in [0.15, 0.2) is 58.3 Å². The van der Waals surface area contributed by atoms with Gasteiger partial charge in [-0.1, -0.05) is 20.8 Å². The van der Waals surface area contributed by atoms with Crippen LogP contribution in [0.25, 0.3) is 0 Å². The molecule has 0 aliphatic rings. The van der Waals surface area contributed by atoms with Gasteiger partial charge in [-0.3, -0.25) is 4.72 Å². The summed E-state index contributed by atoms with van der Waals surface area (Å²) in [5.41, 5.74) is 0.294. The molecule has 8 heteroatoms. The van der Waals surface area contributed by atoms with Crippen LogP contribution in [-0.4, -0.2) is 29.2 Å². The first kappa shape index (κ1) is 21.2. The van der Waals surface area contributed by atoms with Crippen LogP contribution in [0.2, 0.25) is 0 Å². The first-order valence-corrected chi connectivity index (χ1v) is 11.9. The lowest BCUT2D eigenvalue weighted by molar-refractivity contribution is 0.289. The molecule has 0 unspecified atom stereocenters. The van der Waals surface area contributed by atoms with Crippen LogP contribution in [0.4, 0.5) is 5.69 Å². The first-order valence-electron chi connectivity index (χ1n) is 8.72. The Labute approximate surface area is 161 Å². The maximum atomic E-state index is 12.5. The average molecular weight is 412 g/mol. The molecule has 2 aromatic carbocycles. The molecule has 0 aliphatic carbocycles. The van der Waals surface area contributed by atoms with Gasteiger partial charge in [0.15, 0.2) is 9.84 Å². The number of benzene rings is 2. The van der Waals surface area contributed by atoms with Gasteiger partial charge in [-0.15, -0.1) is 0 Å². The Bertz CT molecular complexity index is 948. The number of sulfone groups is 1. The van der Waals surface area contributed by atoms with Crippen molar-refractivity contribution in [2.24, 2.45) is 5.92 Å². The smallest absolute Gasteiger partial charge is 0.261 e. The molecule has 0 atom stereocenters. The quantitative estimate of drug-likeness (QED) is 0.679. The highest BCUT2D eigenvalue weighted by Crippen LogP contribution is 2.21. The summed E-state index contributed by atoms with van der Waals surface area (Å²) >= 11 is 0. The minimum atomic E-state index is -3.77. The van der Waals surface area contributed by atoms with Crippen molar-refractivity contribution in [1.29, 1.82) is 0 Å². The van der Waals surface area contributed by atoms with Crippen LogP contribution in [-0.2, 0) is 19.9 Å². The molecular weight excluding hydrogens is 386 g/mol. The van der Waals surface area contributed by atoms with E-state index in [0.29, 0.717) is 24.0 Å². The zero-order valence-corrected chi connectivity index (χ0v) is 17.3. The Morgan fingerprint density at radius 3 is 1.96 bits per heavy atom. The summed E-state index contributed by atoms with van der Waals surface area (Å²) in [6, 6.07) is 11.8. The van der Waals surface area contributed by atoms with Crippen LogP contribution in [0.1, 0.15) is 27.2 Å². The van der Waals surface area contributed by atoms with E-state index in [1.165, 1.54) is 36.4 Å². The fourth-order valence-corrected chi connectivity index (χ4v) is 4.18. The van der Waals surface area contributed by atoms with E-state index in [4.69, 9.17) is 4.74 Å². The molecule has 0 spiro atoms. The van der Waals surface area contributed by atoms with E-state index < -0.39 is 19.9 Å². The lowest BCUT2D eigenvalue weighted by atomic mass is 10.1. The molecule has 0 saturated carbocycles. The summed E-state index contributed by atoms with van der Waals surface area (Å²) in [4.78, 5) is 0.264. The fraction of sp³-hybridized carbons (Fsp3) is 0.368. The average Bonchev–Trinajstić information content (AvgIpc) is 2.62. The van der Waals surface area contributed by atoms with Gasteiger partial charge in [-0.05, 0) is 60.9 Å². The Morgan fingerprint density at radius 2 is 1.44 bits per heavy atom. The van der Waals surface area contributed by atoms with Crippen molar-refractivity contribution in [2.45, 2.75) is 37.0 Å². The van der Waals surface area contributed by atoms with Crippen molar-refractivity contribution in [2.75, 3.05) is 17.1 Å². The van der Waals surface area contributed by atoms with Crippen LogP contribution in [0, 0.1) is 5.92 Å². The van der Waals surface area contributed by atoms with E-state index in [9.17, 15) is 16.8 Å². The second-order valence-electron chi connectivity index (χ2n) is 6.54. The standard InChI is InChI=1S/C19H25NO5S2/c1-4-26(21,22)18-9-5-16(6-10-18)20-27(23,24)19-11-7-17(8-12-19)25-14-13-15(2)3/h5-12,15,20H,4,13-14H2,1-3H3. The number of hydrogen-bond acceptors (Lipinski definition) is 5. The minimum Gasteiger partial charge on any atom is -0.494 e. The molecule has 0 radical (unpaired) electrons. The van der Waals surface area contributed by atoms with Crippen molar-refractivity contribution in [1.82, 2.24) is 0 Å². The number of ether oxygens (including phenoxy) is 1. The summed E-state index contributed by atoms with van der Waals surface area (Å²) in [6.45, 7) is 6.35. The third kappa shape index (κ3) is 5.97. The molecule has 2 aromatic rings. The summed E-state index contributed by atoms with van der Waals surface area (Å²) in [7, 11) is -7.09. The van der Waals surface area contributed by atoms with E-state index in [2.05, 4.69) is 18.6 Å². The van der Waals surface area contributed by atoms with E-state index >= 15 is 0 Å². The predicted molar refractivity (Wildman–Crippen MR) is 106 cm³/mol. The van der Waals surface area contributed by atoms with E-state index in [1.54, 1.807) is 19.1 Å². The van der Waals surface area contributed by atoms with Gasteiger partial charge < -0.3 is 4.74 Å². The van der Waals surface area contributed by atoms with Gasteiger partial charge >= 0.3 is 0 Å². The number of anilines is 1. The van der Waals surface area contributed by atoms with Crippen LogP contribution in [0.5, 0.6) is 5.75 Å². The van der Waals surface area contributed by atoms with Gasteiger partial charge in [0, 0.05) is 5.69 Å². The summed E-state index contributed by atoms with van der Waals surface area (Å²) in [5.74, 6) is 1.14. The van der Waals surface area contributed by atoms with Crippen molar-refractivity contribution in [3.8, 4) is 5.75 Å². The SMILES string of the molecule is CCS(=O)(=O)c1ccc(NS(=O)(=O)c2ccc(OCCC(C)C)cc2)cc1. The van der Waals surface area contributed by atoms with Crippen molar-refractivity contribution in [3.63, 3.8) is 0 Å². The van der Waals surface area contributed by atoms with Gasteiger partial charge in [-0.25, -0.2) is 16.8 Å². The van der Waals surface area contributed by atoms with Gasteiger partial charge in [0.1, 0.15) is 5.75 Å². The van der Waals surface area contributed by atoms with Crippen molar-refractivity contribution in [3.05, 3.63) is 48.5 Å². The molecule has 1 N–H and O–H groups in total. The summed E-state index contributed by atoms with van der Waals surface area (Å²) in [6.07, 6.45) is 0.922. The highest BCUT2D eigenvalue weighted by molar-refractivity contribution is 7.92. The van der Waals surface area contributed by atoms with Gasteiger partial charge in [0.2, 0.25) is 0 Å². The van der Waals surface area contributed by atoms with Gasteiger partial charge in [0.25, 0.3) is 10.0 Å². The highest BCUT2D eigenvalue weighted by atomic mass is 32.2. The molecule has 0 heterocycles. The number of rotatable bonds is 9. The topological polar surface area (TPSA) is 89.5 Å². The van der Waals surface area contributed by atoms with Gasteiger partial charge in [0.05, 0.1) is 22.2 Å². The third-order valence-electron chi connectivity index (χ3n) is 3.94. The molecule has 0 aliphatic heterocycles. The summed E-state index contributed by atoms with van der Waals surface area (Å²) in [5, 5.41) is 0. The Kier molecular flexibility index (Phi) is 6.89. The zero-order valence-electron chi connectivity index (χ0n) is 15.7. The molecule has 6 nitrogen and oxygen atoms in total. The zero-order chi connectivity index (χ0) is 20.1. The second kappa shape index (κ2) is 8.75. The monoisotopic (exact) mass is 411 g/mol. The molecule has 0 saturated heterocycles. The van der Waals surface area contributed by atoms with Crippen LogP contribution in [0.3, 0.4) is 0 Å². The lowest BCUT2D eigenvalue weighted by Crippen LogP contribution is -2.13. The molecule has 2 rings (SSSR count). The van der Waals surface area contributed by atoms with Gasteiger partial charge in [-0.2, -0.15) is 0 Å². The highest BCUT2D eigenvalue weighted by Gasteiger charge is 2.16. The van der Waals surface area contributed by atoms with E-state index in [1.807, 2.05) is 0 Å². The number of nitrogens with one attached hydrogen (secondary N) is 1. The first-order chi connectivity index (χ1) is 12.6. The maximum Gasteiger partial charge on any atom is 0.261 e. The Morgan fingerprint density at radius 1 is 0.889 bits per heavy atom. The van der Waals surface area contributed by atoms with Crippen LogP contribution < -0.4 is 9.46 Å². The fourth-order valence-electron chi connectivity index (χ4n) is 2.24. The molecule has 0 aromatic heterocycles. The largest absolute Gasteiger partial charge is 0.494 e. The summed E-state index contributed by atoms with van der Waals surface area (Å²) < 4.78 is 56.6. The van der Waals surface area contributed by atoms with E-state index in [0.717, 1.165) is 6.42 Å².